The predicted octanol–water partition coefficient (Wildman–Crippen LogP) is 2.86. The van der Waals surface area contributed by atoms with Gasteiger partial charge in [-0.05, 0) is 36.8 Å². The van der Waals surface area contributed by atoms with Crippen LogP contribution in [0.15, 0.2) is 42.6 Å². The molecule has 0 bridgehead atoms. The number of ether oxygens (including phenoxy) is 1. The molecule has 0 aliphatic carbocycles. The Bertz CT molecular complexity index is 617. The first-order valence-electron chi connectivity index (χ1n) is 6.63. The Balaban J connectivity index is 2.01. The van der Waals surface area contributed by atoms with E-state index in [1.165, 1.54) is 19.2 Å². The van der Waals surface area contributed by atoms with E-state index in [-0.39, 0.29) is 11.6 Å². The van der Waals surface area contributed by atoms with Crippen LogP contribution in [0.2, 0.25) is 0 Å². The SMILES string of the molecule is COC(=O)c1ccc(CNC(C)c2ccccn2)cc1F. The molecule has 0 fully saturated rings. The zero-order valence-electron chi connectivity index (χ0n) is 12.0. The molecular weight excluding hydrogens is 271 g/mol. The van der Waals surface area contributed by atoms with Gasteiger partial charge in [0.25, 0.3) is 0 Å². The highest BCUT2D eigenvalue weighted by molar-refractivity contribution is 5.89. The molecule has 0 saturated heterocycles. The molecule has 110 valence electrons. The molecule has 0 saturated carbocycles. The van der Waals surface area contributed by atoms with Crippen LogP contribution in [-0.2, 0) is 11.3 Å². The van der Waals surface area contributed by atoms with Gasteiger partial charge < -0.3 is 10.1 Å². The van der Waals surface area contributed by atoms with Gasteiger partial charge >= 0.3 is 5.97 Å². The lowest BCUT2D eigenvalue weighted by molar-refractivity contribution is 0.0595. The molecule has 1 atom stereocenters. The Morgan fingerprint density at radius 2 is 2.19 bits per heavy atom. The maximum atomic E-state index is 13.8. The van der Waals surface area contributed by atoms with Gasteiger partial charge in [-0.3, -0.25) is 4.98 Å². The number of benzene rings is 1. The molecule has 1 N–H and O–H groups in total. The van der Waals surface area contributed by atoms with Gasteiger partial charge in [0.2, 0.25) is 0 Å². The van der Waals surface area contributed by atoms with Crippen molar-refractivity contribution in [2.75, 3.05) is 7.11 Å². The normalized spacial score (nSPS) is 12.0. The second-order valence-electron chi connectivity index (χ2n) is 4.66. The van der Waals surface area contributed by atoms with E-state index >= 15 is 0 Å². The van der Waals surface area contributed by atoms with E-state index in [0.717, 1.165) is 11.3 Å². The second-order valence-corrected chi connectivity index (χ2v) is 4.66. The predicted molar refractivity (Wildman–Crippen MR) is 77.2 cm³/mol. The van der Waals surface area contributed by atoms with Gasteiger partial charge in [0, 0.05) is 18.8 Å². The van der Waals surface area contributed by atoms with Gasteiger partial charge in [0.05, 0.1) is 18.4 Å². The molecule has 0 aliphatic heterocycles. The number of halogens is 1. The Kier molecular flexibility index (Phi) is 5.00. The summed E-state index contributed by atoms with van der Waals surface area (Å²) in [5.74, 6) is -1.25. The summed E-state index contributed by atoms with van der Waals surface area (Å²) in [6.45, 7) is 2.47. The molecule has 4 nitrogen and oxygen atoms in total. The van der Waals surface area contributed by atoms with Gasteiger partial charge in [-0.2, -0.15) is 0 Å². The smallest absolute Gasteiger partial charge is 0.340 e. The Labute approximate surface area is 123 Å². The van der Waals surface area contributed by atoms with Crippen LogP contribution in [0, 0.1) is 5.82 Å². The molecule has 5 heteroatoms. The van der Waals surface area contributed by atoms with Gasteiger partial charge in [0.15, 0.2) is 0 Å². The van der Waals surface area contributed by atoms with Gasteiger partial charge in [-0.15, -0.1) is 0 Å². The third kappa shape index (κ3) is 3.86. The zero-order valence-corrected chi connectivity index (χ0v) is 12.0. The molecule has 21 heavy (non-hydrogen) atoms. The maximum absolute atomic E-state index is 13.8. The average molecular weight is 288 g/mol. The molecule has 0 spiro atoms. The number of methoxy groups -OCH3 is 1. The summed E-state index contributed by atoms with van der Waals surface area (Å²) in [5.41, 5.74) is 1.62. The quantitative estimate of drug-likeness (QED) is 0.860. The summed E-state index contributed by atoms with van der Waals surface area (Å²) in [6.07, 6.45) is 1.73. The van der Waals surface area contributed by atoms with Crippen LogP contribution in [0.4, 0.5) is 4.39 Å². The minimum absolute atomic E-state index is 0.0505. The monoisotopic (exact) mass is 288 g/mol. The molecular formula is C16H17FN2O2. The Morgan fingerprint density at radius 3 is 2.81 bits per heavy atom. The van der Waals surface area contributed by atoms with Crippen molar-refractivity contribution in [3.8, 4) is 0 Å². The number of hydrogen-bond donors (Lipinski definition) is 1. The van der Waals surface area contributed by atoms with Crippen molar-refractivity contribution in [3.63, 3.8) is 0 Å². The molecule has 0 aliphatic rings. The van der Waals surface area contributed by atoms with Crippen LogP contribution in [-0.4, -0.2) is 18.1 Å². The minimum atomic E-state index is -0.672. The second kappa shape index (κ2) is 6.95. The summed E-state index contributed by atoms with van der Waals surface area (Å²) in [6, 6.07) is 10.2. The van der Waals surface area contributed by atoms with Crippen molar-refractivity contribution in [2.45, 2.75) is 19.5 Å². The third-order valence-corrected chi connectivity index (χ3v) is 3.18. The third-order valence-electron chi connectivity index (χ3n) is 3.18. The van der Waals surface area contributed by atoms with Gasteiger partial charge in [-0.1, -0.05) is 12.1 Å². The summed E-state index contributed by atoms with van der Waals surface area (Å²) in [4.78, 5) is 15.6. The fraction of sp³-hybridized carbons (Fsp3) is 0.250. The lowest BCUT2D eigenvalue weighted by Gasteiger charge is -2.13. The van der Waals surface area contributed by atoms with Crippen LogP contribution in [0.5, 0.6) is 0 Å². The first kappa shape index (κ1) is 15.1. The number of pyridine rings is 1. The minimum Gasteiger partial charge on any atom is -0.465 e. The number of carbonyl (C=O) groups is 1. The number of aromatic nitrogens is 1. The van der Waals surface area contributed by atoms with E-state index in [0.29, 0.717) is 6.54 Å². The fourth-order valence-electron chi connectivity index (χ4n) is 1.95. The van der Waals surface area contributed by atoms with Crippen LogP contribution in [0.1, 0.15) is 34.6 Å². The largest absolute Gasteiger partial charge is 0.465 e. The number of hydrogen-bond acceptors (Lipinski definition) is 4. The summed E-state index contributed by atoms with van der Waals surface area (Å²) in [5, 5.41) is 3.26. The van der Waals surface area contributed by atoms with E-state index in [1.54, 1.807) is 12.3 Å². The van der Waals surface area contributed by atoms with Crippen molar-refractivity contribution in [3.05, 3.63) is 65.2 Å². The van der Waals surface area contributed by atoms with Crippen molar-refractivity contribution in [1.29, 1.82) is 0 Å². The van der Waals surface area contributed by atoms with Crippen molar-refractivity contribution in [1.82, 2.24) is 10.3 Å². The van der Waals surface area contributed by atoms with Crippen molar-refractivity contribution < 1.29 is 13.9 Å². The fourth-order valence-corrected chi connectivity index (χ4v) is 1.95. The average Bonchev–Trinajstić information content (AvgIpc) is 2.52. The molecule has 1 heterocycles. The first-order chi connectivity index (χ1) is 10.1. The molecule has 2 rings (SSSR count). The molecule has 0 amide bonds. The summed E-state index contributed by atoms with van der Waals surface area (Å²) < 4.78 is 18.3. The molecule has 1 aromatic heterocycles. The lowest BCUT2D eigenvalue weighted by atomic mass is 10.1. The topological polar surface area (TPSA) is 51.2 Å². The van der Waals surface area contributed by atoms with E-state index in [4.69, 9.17) is 0 Å². The highest BCUT2D eigenvalue weighted by Crippen LogP contribution is 2.14. The van der Waals surface area contributed by atoms with Crippen LogP contribution < -0.4 is 5.32 Å². The number of nitrogens with one attached hydrogen (secondary N) is 1. The van der Waals surface area contributed by atoms with Crippen LogP contribution >= 0.6 is 0 Å². The van der Waals surface area contributed by atoms with Crippen LogP contribution in [0.3, 0.4) is 0 Å². The maximum Gasteiger partial charge on any atom is 0.340 e. The Morgan fingerprint density at radius 1 is 1.38 bits per heavy atom. The van der Waals surface area contributed by atoms with Crippen molar-refractivity contribution in [2.24, 2.45) is 0 Å². The molecule has 0 radical (unpaired) electrons. The number of nitrogens with zero attached hydrogens (tertiary/aromatic N) is 1. The summed E-state index contributed by atoms with van der Waals surface area (Å²) >= 11 is 0. The molecule has 1 aromatic carbocycles. The van der Waals surface area contributed by atoms with E-state index in [1.807, 2.05) is 25.1 Å². The highest BCUT2D eigenvalue weighted by Gasteiger charge is 2.12. The number of carbonyl (C=O) groups excluding carboxylic acids is 1. The molecule has 2 aromatic rings. The zero-order chi connectivity index (χ0) is 15.2. The number of rotatable bonds is 5. The van der Waals surface area contributed by atoms with E-state index < -0.39 is 11.8 Å². The standard InChI is InChI=1S/C16H17FN2O2/c1-11(15-5-3-4-8-18-15)19-10-12-6-7-13(14(17)9-12)16(20)21-2/h3-9,11,19H,10H2,1-2H3. The molecule has 1 unspecified atom stereocenters. The van der Waals surface area contributed by atoms with Crippen molar-refractivity contribution >= 4 is 5.97 Å². The first-order valence-corrected chi connectivity index (χ1v) is 6.63. The van der Waals surface area contributed by atoms with E-state index in [2.05, 4.69) is 15.0 Å². The van der Waals surface area contributed by atoms with Gasteiger partial charge in [-0.25, -0.2) is 9.18 Å². The lowest BCUT2D eigenvalue weighted by Crippen LogP contribution is -2.19. The summed E-state index contributed by atoms with van der Waals surface area (Å²) in [7, 11) is 1.23. The number of esters is 1. The van der Waals surface area contributed by atoms with Crippen LogP contribution in [0.25, 0.3) is 0 Å². The van der Waals surface area contributed by atoms with Gasteiger partial charge in [0.1, 0.15) is 5.82 Å². The Hall–Kier alpha value is -2.27. The highest BCUT2D eigenvalue weighted by atomic mass is 19.1. The van der Waals surface area contributed by atoms with E-state index in [9.17, 15) is 9.18 Å².